The molecule has 3 aromatic rings. The summed E-state index contributed by atoms with van der Waals surface area (Å²) >= 11 is 13.0. The number of hydrogen-bond acceptors (Lipinski definition) is 9. The van der Waals surface area contributed by atoms with Crippen molar-refractivity contribution in [1.82, 2.24) is 9.62 Å². The molecule has 1 N–H and O–H groups in total. The van der Waals surface area contributed by atoms with Crippen molar-refractivity contribution in [3.63, 3.8) is 0 Å². The molecule has 10 nitrogen and oxygen atoms in total. The molecule has 0 radical (unpaired) electrons. The van der Waals surface area contributed by atoms with Crippen LogP contribution in [0.4, 0.5) is 13.2 Å². The number of carbonyl (C=O) groups excluding carboxylic acids is 2. The lowest BCUT2D eigenvalue weighted by Crippen LogP contribution is -2.52. The molecule has 3 saturated heterocycles. The third kappa shape index (κ3) is 11.0. The van der Waals surface area contributed by atoms with Gasteiger partial charge < -0.3 is 18.9 Å². The second-order valence-electron chi connectivity index (χ2n) is 14.4. The first kappa shape index (κ1) is 43.2. The van der Waals surface area contributed by atoms with Crippen molar-refractivity contribution >= 4 is 45.2 Å². The molecule has 7 rings (SSSR count). The average Bonchev–Trinajstić information content (AvgIpc) is 4.05. The molecule has 0 spiro atoms. The van der Waals surface area contributed by atoms with E-state index in [4.69, 9.17) is 42.1 Å². The van der Waals surface area contributed by atoms with Crippen molar-refractivity contribution in [2.24, 2.45) is 11.8 Å². The number of carbonyl (C=O) groups is 2. The van der Waals surface area contributed by atoms with Crippen molar-refractivity contribution in [3.05, 3.63) is 124 Å². The third-order valence-corrected chi connectivity index (χ3v) is 12.6. The highest BCUT2D eigenvalue weighted by Crippen LogP contribution is 2.40. The number of rotatable bonds is 18. The Morgan fingerprint density at radius 1 is 0.983 bits per heavy atom. The number of sulfonamides is 1. The maximum absolute atomic E-state index is 14.4. The monoisotopic (exact) mass is 862 g/mol. The minimum absolute atomic E-state index is 0.00210. The van der Waals surface area contributed by atoms with Gasteiger partial charge in [0.25, 0.3) is 0 Å². The standard InChI is InChI=1S/C42H43Cl2F3N2O8S/c1-3-33(43)32(34(44)4-2)22-36(27-13-14-35(57-42(46)47)37(21-27)54-24-25-11-12-25)55-40(50)29-8-6-10-31(20-29)58(52,53)48-39(28-7-5-9-30(45)19-28)41(51)56-38-23-49-17-15-26(38)16-18-49/h3-10,13-14,19-21,25-26,36,38-39,42,48H,1,11-12,15-18,22-24H2,2H3/b33-32+,34-4+/t36-,38-,39?/m0/s1. The smallest absolute Gasteiger partial charge is 0.387 e. The van der Waals surface area contributed by atoms with Gasteiger partial charge in [-0.25, -0.2) is 22.4 Å². The normalized spacial score (nSPS) is 20.8. The highest BCUT2D eigenvalue weighted by atomic mass is 35.5. The molecule has 2 bridgehead atoms. The fraction of sp³-hybridized carbons (Fsp3) is 0.381. The number of benzene rings is 3. The maximum atomic E-state index is 14.4. The number of esters is 2. The fourth-order valence-electron chi connectivity index (χ4n) is 6.95. The first-order valence-corrected chi connectivity index (χ1v) is 21.0. The highest BCUT2D eigenvalue weighted by molar-refractivity contribution is 7.89. The Hall–Kier alpha value is -4.34. The van der Waals surface area contributed by atoms with Gasteiger partial charge in [-0.1, -0.05) is 66.2 Å². The van der Waals surface area contributed by atoms with Crippen LogP contribution in [-0.2, 0) is 24.3 Å². The van der Waals surface area contributed by atoms with Crippen molar-refractivity contribution in [1.29, 1.82) is 0 Å². The van der Waals surface area contributed by atoms with E-state index in [1.807, 2.05) is 0 Å². The van der Waals surface area contributed by atoms with Crippen molar-refractivity contribution in [2.75, 3.05) is 26.2 Å². The number of halogens is 5. The quantitative estimate of drug-likeness (QED) is 0.0988. The first-order valence-electron chi connectivity index (χ1n) is 18.8. The molecule has 310 valence electrons. The molecule has 0 amide bonds. The van der Waals surface area contributed by atoms with Crippen molar-refractivity contribution in [3.8, 4) is 11.5 Å². The Balaban J connectivity index is 1.28. The topological polar surface area (TPSA) is 120 Å². The molecule has 0 aromatic heterocycles. The van der Waals surface area contributed by atoms with Crippen molar-refractivity contribution < 1.29 is 50.1 Å². The van der Waals surface area contributed by atoms with Crippen LogP contribution >= 0.6 is 23.2 Å². The van der Waals surface area contributed by atoms with Gasteiger partial charge in [0.15, 0.2) is 11.5 Å². The molecular formula is C42H43Cl2F3N2O8S. The molecule has 58 heavy (non-hydrogen) atoms. The van der Waals surface area contributed by atoms with Gasteiger partial charge >= 0.3 is 18.6 Å². The minimum Gasteiger partial charge on any atom is -0.489 e. The SMILES string of the molecule is C=C/C(Cl)=C(C[C@H](OC(=O)c1cccc(S(=O)(=O)NC(C(=O)O[C@H]2CN3CCC2CC3)c2cccc(F)c2)c1)c1ccc(OC(F)F)c(OCC2CC2)c1)\C(Cl)=C/C. The lowest BCUT2D eigenvalue weighted by atomic mass is 9.86. The van der Waals surface area contributed by atoms with Gasteiger partial charge in [-0.3, -0.25) is 4.90 Å². The van der Waals surface area contributed by atoms with E-state index in [0.717, 1.165) is 50.9 Å². The molecule has 1 unspecified atom stereocenters. The van der Waals surface area contributed by atoms with E-state index < -0.39 is 57.5 Å². The van der Waals surface area contributed by atoms with E-state index in [0.29, 0.717) is 17.7 Å². The average molecular weight is 864 g/mol. The zero-order chi connectivity index (χ0) is 41.6. The van der Waals surface area contributed by atoms with Crippen LogP contribution in [0.5, 0.6) is 11.5 Å². The van der Waals surface area contributed by atoms with Gasteiger partial charge in [-0.2, -0.15) is 13.5 Å². The fourth-order valence-corrected chi connectivity index (χ4v) is 8.58. The summed E-state index contributed by atoms with van der Waals surface area (Å²) in [6.07, 6.45) is 4.74. The molecular weight excluding hydrogens is 820 g/mol. The lowest BCUT2D eigenvalue weighted by molar-refractivity contribution is -0.161. The summed E-state index contributed by atoms with van der Waals surface area (Å²) in [5.41, 5.74) is 0.490. The van der Waals surface area contributed by atoms with Gasteiger partial charge in [-0.05, 0) is 117 Å². The van der Waals surface area contributed by atoms with Crippen LogP contribution in [0.15, 0.2) is 106 Å². The predicted molar refractivity (Wildman–Crippen MR) is 212 cm³/mol. The highest BCUT2D eigenvalue weighted by Gasteiger charge is 2.39. The largest absolute Gasteiger partial charge is 0.489 e. The molecule has 3 atom stereocenters. The number of hydrogen-bond donors (Lipinski definition) is 1. The summed E-state index contributed by atoms with van der Waals surface area (Å²) in [6, 6.07) is 12.4. The van der Waals surface area contributed by atoms with E-state index in [-0.39, 0.29) is 57.6 Å². The Labute approximate surface area is 345 Å². The minimum atomic E-state index is -4.57. The first-order chi connectivity index (χ1) is 27.7. The van der Waals surface area contributed by atoms with E-state index in [1.165, 1.54) is 60.7 Å². The van der Waals surface area contributed by atoms with Crippen LogP contribution in [0.2, 0.25) is 0 Å². The van der Waals surface area contributed by atoms with Crippen LogP contribution in [0.1, 0.15) is 72.7 Å². The van der Waals surface area contributed by atoms with Crippen molar-refractivity contribution in [2.45, 2.75) is 68.8 Å². The van der Waals surface area contributed by atoms with Crippen LogP contribution in [0, 0.1) is 17.7 Å². The second kappa shape index (κ2) is 19.2. The van der Waals surface area contributed by atoms with Gasteiger partial charge in [-0.15, -0.1) is 0 Å². The Bertz CT molecular complexity index is 2170. The Morgan fingerprint density at radius 2 is 1.72 bits per heavy atom. The summed E-state index contributed by atoms with van der Waals surface area (Å²) in [4.78, 5) is 29.4. The Morgan fingerprint density at radius 3 is 2.36 bits per heavy atom. The zero-order valence-electron chi connectivity index (χ0n) is 31.6. The van der Waals surface area contributed by atoms with Gasteiger partial charge in [0.1, 0.15) is 24.1 Å². The van der Waals surface area contributed by atoms with Crippen LogP contribution in [0.3, 0.4) is 0 Å². The van der Waals surface area contributed by atoms with E-state index in [1.54, 1.807) is 13.0 Å². The summed E-state index contributed by atoms with van der Waals surface area (Å²) in [5, 5.41) is 0.388. The third-order valence-electron chi connectivity index (χ3n) is 10.3. The molecule has 1 saturated carbocycles. The van der Waals surface area contributed by atoms with Gasteiger partial charge in [0.2, 0.25) is 10.0 Å². The summed E-state index contributed by atoms with van der Waals surface area (Å²) in [7, 11) is -4.57. The summed E-state index contributed by atoms with van der Waals surface area (Å²) < 4.78 is 93.8. The molecule has 3 aromatic carbocycles. The van der Waals surface area contributed by atoms with E-state index in [2.05, 4.69) is 16.2 Å². The number of piperidine rings is 3. The number of fused-ring (bicyclic) bond motifs is 3. The summed E-state index contributed by atoms with van der Waals surface area (Å²) in [5.74, 6) is -2.36. The molecule has 3 heterocycles. The van der Waals surface area contributed by atoms with Crippen LogP contribution in [0.25, 0.3) is 0 Å². The zero-order valence-corrected chi connectivity index (χ0v) is 33.9. The van der Waals surface area contributed by atoms with Gasteiger partial charge in [0.05, 0.1) is 17.1 Å². The molecule has 4 aliphatic rings. The van der Waals surface area contributed by atoms with E-state index in [9.17, 15) is 31.2 Å². The number of nitrogens with zero attached hydrogens (tertiary/aromatic N) is 1. The van der Waals surface area contributed by atoms with Crippen LogP contribution in [-0.4, -0.2) is 64.2 Å². The Kier molecular flexibility index (Phi) is 14.3. The molecule has 1 aliphatic carbocycles. The number of nitrogens with one attached hydrogen (secondary N) is 1. The predicted octanol–water partition coefficient (Wildman–Crippen LogP) is 8.98. The lowest BCUT2D eigenvalue weighted by Gasteiger charge is -2.44. The number of alkyl halides is 2. The summed E-state index contributed by atoms with van der Waals surface area (Å²) in [6.45, 7) is 4.81. The van der Waals surface area contributed by atoms with Gasteiger partial charge in [0, 0.05) is 23.0 Å². The second-order valence-corrected chi connectivity index (χ2v) is 16.9. The van der Waals surface area contributed by atoms with Crippen LogP contribution < -0.4 is 14.2 Å². The number of allylic oxidation sites excluding steroid dienone is 4. The maximum Gasteiger partial charge on any atom is 0.387 e. The van der Waals surface area contributed by atoms with E-state index >= 15 is 0 Å². The molecule has 3 aliphatic heterocycles. The molecule has 16 heteroatoms. The number of ether oxygens (including phenoxy) is 4. The molecule has 4 fully saturated rings.